The Bertz CT molecular complexity index is 2430. The number of aromatic nitrogens is 7. The SMILES string of the molecule is CCC(C)(c1noc(=O)[nH]1)n1c(C(=O)N2CCc3nn(-c4cc(C)c(Cl)c(C)c4)c(-n4cc[nH]c4=O)c3[C@@H]2C)cc2cc(C3CCOCC3)ccc21. The van der Waals surface area contributed by atoms with Crippen LogP contribution in [0, 0.1) is 13.8 Å². The number of aromatic amines is 2. The van der Waals surface area contributed by atoms with Crippen LogP contribution in [-0.2, 0) is 16.7 Å². The predicted octanol–water partition coefficient (Wildman–Crippen LogP) is 6.08. The number of H-pyrrole nitrogens is 2. The Morgan fingerprint density at radius 2 is 1.85 bits per heavy atom. The fourth-order valence-corrected chi connectivity index (χ4v) is 8.23. The van der Waals surface area contributed by atoms with Gasteiger partial charge in [0.2, 0.25) is 0 Å². The number of imidazole rings is 1. The Hall–Kier alpha value is -5.14. The van der Waals surface area contributed by atoms with Crippen LogP contribution in [0.5, 0.6) is 0 Å². The lowest BCUT2D eigenvalue weighted by molar-refractivity contribution is 0.0660. The standard InChI is InChI=1S/C38H41ClN8O5/c1-6-38(5,35-41-37(50)52-43-35)46-29-8-7-25(24-10-15-51-16-11-24)19-26(29)20-30(46)34(48)44-13-9-28-31(23(44)4)33(45-14-12-40-36(45)49)47(42-28)27-17-21(2)32(39)22(3)18-27/h7-8,12,14,17-20,23-24H,6,9-11,13,15-16H2,1-5H3,(H,40,49)(H,41,43,50)/t23-,38?/m0/s1. The summed E-state index contributed by atoms with van der Waals surface area (Å²) in [6.45, 7) is 11.7. The van der Waals surface area contributed by atoms with Crippen molar-refractivity contribution < 1.29 is 14.1 Å². The fraction of sp³-hybridized carbons (Fsp3) is 0.395. The van der Waals surface area contributed by atoms with E-state index in [0.29, 0.717) is 47.7 Å². The zero-order chi connectivity index (χ0) is 36.5. The van der Waals surface area contributed by atoms with Crippen LogP contribution in [0.15, 0.2) is 62.9 Å². The summed E-state index contributed by atoms with van der Waals surface area (Å²) < 4.78 is 15.9. The number of nitrogens with one attached hydrogen (secondary N) is 2. The molecular weight excluding hydrogens is 684 g/mol. The van der Waals surface area contributed by atoms with Crippen molar-refractivity contribution in [2.24, 2.45) is 0 Å². The third kappa shape index (κ3) is 5.36. The summed E-state index contributed by atoms with van der Waals surface area (Å²) >= 11 is 6.54. The fourth-order valence-electron chi connectivity index (χ4n) is 8.12. The van der Waals surface area contributed by atoms with Crippen molar-refractivity contribution in [1.82, 2.24) is 38.9 Å². The number of amides is 1. The molecule has 2 aromatic carbocycles. The minimum Gasteiger partial charge on any atom is -0.381 e. The van der Waals surface area contributed by atoms with E-state index in [1.54, 1.807) is 21.6 Å². The maximum Gasteiger partial charge on any atom is 0.438 e. The van der Waals surface area contributed by atoms with Crippen LogP contribution < -0.4 is 11.4 Å². The van der Waals surface area contributed by atoms with Crippen LogP contribution in [-0.4, -0.2) is 64.6 Å². The molecule has 1 fully saturated rings. The molecule has 0 spiro atoms. The number of fused-ring (bicyclic) bond motifs is 2. The summed E-state index contributed by atoms with van der Waals surface area (Å²) in [4.78, 5) is 47.9. The lowest BCUT2D eigenvalue weighted by Crippen LogP contribution is -2.42. The number of halogens is 1. The summed E-state index contributed by atoms with van der Waals surface area (Å²) in [6, 6.07) is 11.8. The first-order chi connectivity index (χ1) is 25.0. The zero-order valence-electron chi connectivity index (χ0n) is 29.8. The van der Waals surface area contributed by atoms with Crippen molar-refractivity contribution in [3.8, 4) is 11.5 Å². The van der Waals surface area contributed by atoms with Crippen LogP contribution in [0.3, 0.4) is 0 Å². The van der Waals surface area contributed by atoms with Crippen molar-refractivity contribution in [3.63, 3.8) is 0 Å². The number of aryl methyl sites for hydroxylation is 2. The number of nitrogens with zero attached hydrogens (tertiary/aromatic N) is 6. The predicted molar refractivity (Wildman–Crippen MR) is 196 cm³/mol. The molecule has 2 N–H and O–H groups in total. The van der Waals surface area contributed by atoms with Gasteiger partial charge < -0.3 is 19.2 Å². The number of carbonyl (C=O) groups is 1. The first-order valence-electron chi connectivity index (χ1n) is 17.8. The van der Waals surface area contributed by atoms with Gasteiger partial charge in [-0.1, -0.05) is 29.7 Å². The van der Waals surface area contributed by atoms with E-state index >= 15 is 4.79 Å². The van der Waals surface area contributed by atoms with Gasteiger partial charge in [-0.3, -0.25) is 18.9 Å². The number of benzene rings is 2. The van der Waals surface area contributed by atoms with Crippen LogP contribution >= 0.6 is 11.6 Å². The Balaban J connectivity index is 1.28. The zero-order valence-corrected chi connectivity index (χ0v) is 30.6. The molecule has 14 heteroatoms. The van der Waals surface area contributed by atoms with E-state index in [-0.39, 0.29) is 11.6 Å². The highest BCUT2D eigenvalue weighted by Gasteiger charge is 2.40. The topological polar surface area (TPSA) is 149 Å². The van der Waals surface area contributed by atoms with Gasteiger partial charge in [0.1, 0.15) is 17.1 Å². The third-order valence-corrected chi connectivity index (χ3v) is 11.7. The van der Waals surface area contributed by atoms with E-state index in [2.05, 4.69) is 33.3 Å². The molecule has 6 aromatic rings. The normalized spacial score (nSPS) is 17.8. The number of rotatable bonds is 7. The van der Waals surface area contributed by atoms with Gasteiger partial charge in [0, 0.05) is 60.1 Å². The first kappa shape index (κ1) is 34.0. The maximum atomic E-state index is 15.1. The monoisotopic (exact) mass is 724 g/mol. The number of hydrogen-bond acceptors (Lipinski definition) is 7. The Morgan fingerprint density at radius 3 is 2.50 bits per heavy atom. The molecule has 2 aliphatic rings. The van der Waals surface area contributed by atoms with Crippen molar-refractivity contribution in [1.29, 1.82) is 0 Å². The molecule has 4 aromatic heterocycles. The molecule has 2 atom stereocenters. The average molecular weight is 725 g/mol. The van der Waals surface area contributed by atoms with Crippen LogP contribution in [0.1, 0.15) is 96.3 Å². The second-order valence-electron chi connectivity index (χ2n) is 14.2. The highest BCUT2D eigenvalue weighted by molar-refractivity contribution is 6.32. The molecule has 0 aliphatic carbocycles. The van der Waals surface area contributed by atoms with E-state index in [9.17, 15) is 9.59 Å². The third-order valence-electron chi connectivity index (χ3n) is 11.1. The second-order valence-corrected chi connectivity index (χ2v) is 14.6. The number of carbonyl (C=O) groups excluding carboxylic acids is 1. The summed E-state index contributed by atoms with van der Waals surface area (Å²) in [6.07, 6.45) is 6.13. The molecule has 6 heterocycles. The minimum atomic E-state index is -0.929. The van der Waals surface area contributed by atoms with Crippen molar-refractivity contribution in [2.45, 2.75) is 77.8 Å². The van der Waals surface area contributed by atoms with Crippen molar-refractivity contribution in [2.75, 3.05) is 19.8 Å². The Labute approximate surface area is 304 Å². The molecule has 2 aliphatic heterocycles. The van der Waals surface area contributed by atoms with E-state index in [4.69, 9.17) is 26.0 Å². The van der Waals surface area contributed by atoms with Crippen LogP contribution in [0.2, 0.25) is 5.02 Å². The van der Waals surface area contributed by atoms with E-state index < -0.39 is 17.3 Å². The molecule has 8 rings (SSSR count). The van der Waals surface area contributed by atoms with Crippen molar-refractivity contribution in [3.05, 3.63) is 114 Å². The second kappa shape index (κ2) is 12.8. The highest BCUT2D eigenvalue weighted by atomic mass is 35.5. The van der Waals surface area contributed by atoms with Crippen LogP contribution in [0.25, 0.3) is 22.4 Å². The summed E-state index contributed by atoms with van der Waals surface area (Å²) in [5, 5.41) is 10.8. The smallest absolute Gasteiger partial charge is 0.381 e. The molecule has 1 amide bonds. The average Bonchev–Trinajstić information content (AvgIpc) is 3.95. The molecule has 52 heavy (non-hydrogen) atoms. The quantitative estimate of drug-likeness (QED) is 0.203. The highest BCUT2D eigenvalue weighted by Crippen LogP contribution is 2.40. The molecule has 0 bridgehead atoms. The minimum absolute atomic E-state index is 0.189. The van der Waals surface area contributed by atoms with E-state index in [0.717, 1.165) is 65.0 Å². The summed E-state index contributed by atoms with van der Waals surface area (Å²) in [7, 11) is 0. The Morgan fingerprint density at radius 1 is 1.10 bits per heavy atom. The van der Waals surface area contributed by atoms with Gasteiger partial charge in [-0.05, 0) is 99.9 Å². The van der Waals surface area contributed by atoms with E-state index in [1.165, 1.54) is 5.56 Å². The molecule has 0 radical (unpaired) electrons. The summed E-state index contributed by atoms with van der Waals surface area (Å²) in [5.74, 6) is 0.413. The van der Waals surface area contributed by atoms with Crippen molar-refractivity contribution >= 4 is 28.4 Å². The molecule has 0 saturated carbocycles. The largest absolute Gasteiger partial charge is 0.438 e. The maximum absolute atomic E-state index is 15.1. The van der Waals surface area contributed by atoms with Crippen LogP contribution in [0.4, 0.5) is 0 Å². The number of ether oxygens (including phenoxy) is 1. The molecule has 1 saturated heterocycles. The molecule has 270 valence electrons. The van der Waals surface area contributed by atoms with Gasteiger partial charge in [-0.15, -0.1) is 0 Å². The van der Waals surface area contributed by atoms with Gasteiger partial charge in [0.25, 0.3) is 5.91 Å². The van der Waals surface area contributed by atoms with Gasteiger partial charge >= 0.3 is 11.4 Å². The van der Waals surface area contributed by atoms with Gasteiger partial charge in [-0.25, -0.2) is 14.3 Å². The Kier molecular flexibility index (Phi) is 8.37. The summed E-state index contributed by atoms with van der Waals surface area (Å²) in [5.41, 5.74) is 5.41. The van der Waals surface area contributed by atoms with Gasteiger partial charge in [0.15, 0.2) is 5.82 Å². The van der Waals surface area contributed by atoms with E-state index in [1.807, 2.05) is 62.3 Å². The molecular formula is C38H41ClN8O5. The van der Waals surface area contributed by atoms with Gasteiger partial charge in [0.05, 0.1) is 17.4 Å². The molecule has 13 nitrogen and oxygen atoms in total. The van der Waals surface area contributed by atoms with Gasteiger partial charge in [-0.2, -0.15) is 5.10 Å². The molecule has 1 unspecified atom stereocenters. The number of hydrogen-bond donors (Lipinski definition) is 2. The lowest BCUT2D eigenvalue weighted by atomic mass is 9.91. The first-order valence-corrected chi connectivity index (χ1v) is 18.1. The lowest BCUT2D eigenvalue weighted by Gasteiger charge is -2.36.